The van der Waals surface area contributed by atoms with E-state index in [4.69, 9.17) is 5.73 Å². The van der Waals surface area contributed by atoms with Crippen molar-refractivity contribution in [2.75, 3.05) is 6.54 Å². The predicted molar refractivity (Wildman–Crippen MR) is 69.8 cm³/mol. The Morgan fingerprint density at radius 3 is 2.25 bits per heavy atom. The van der Waals surface area contributed by atoms with Crippen LogP contribution in [-0.2, 0) is 4.79 Å². The van der Waals surface area contributed by atoms with Gasteiger partial charge in [-0.3, -0.25) is 4.79 Å². The maximum atomic E-state index is 11.5. The number of nitrogens with two attached hydrogens (primary N) is 1. The molecular formula is C12H25ClN2O. The Morgan fingerprint density at radius 1 is 1.12 bits per heavy atom. The van der Waals surface area contributed by atoms with Crippen LogP contribution in [-0.4, -0.2) is 18.5 Å². The molecule has 0 atom stereocenters. The van der Waals surface area contributed by atoms with Gasteiger partial charge in [0.05, 0.1) is 0 Å². The van der Waals surface area contributed by atoms with E-state index in [2.05, 4.69) is 5.32 Å². The second-order valence-corrected chi connectivity index (χ2v) is 4.50. The van der Waals surface area contributed by atoms with Gasteiger partial charge in [-0.05, 0) is 25.8 Å². The normalized spacial score (nSPS) is 18.1. The van der Waals surface area contributed by atoms with Crippen LogP contribution in [0.4, 0.5) is 0 Å². The second kappa shape index (κ2) is 9.91. The van der Waals surface area contributed by atoms with Crippen molar-refractivity contribution in [2.24, 2.45) is 5.73 Å². The highest BCUT2D eigenvalue weighted by Gasteiger charge is 2.13. The van der Waals surface area contributed by atoms with Crippen molar-refractivity contribution in [1.29, 1.82) is 0 Å². The molecule has 96 valence electrons. The lowest BCUT2D eigenvalue weighted by atomic mass is 9.96. The topological polar surface area (TPSA) is 55.1 Å². The molecule has 0 aliphatic heterocycles. The number of hydrogen-bond donors (Lipinski definition) is 2. The molecule has 3 N–H and O–H groups in total. The zero-order chi connectivity index (χ0) is 10.9. The zero-order valence-electron chi connectivity index (χ0n) is 10.0. The summed E-state index contributed by atoms with van der Waals surface area (Å²) in [6, 6.07) is 0.426. The van der Waals surface area contributed by atoms with Crippen molar-refractivity contribution in [3.63, 3.8) is 0 Å². The van der Waals surface area contributed by atoms with Gasteiger partial charge in [-0.15, -0.1) is 12.4 Å². The third kappa shape index (κ3) is 7.07. The van der Waals surface area contributed by atoms with Crippen molar-refractivity contribution < 1.29 is 4.79 Å². The van der Waals surface area contributed by atoms with Crippen LogP contribution in [0.5, 0.6) is 0 Å². The average molecular weight is 249 g/mol. The van der Waals surface area contributed by atoms with E-state index in [0.717, 1.165) is 19.3 Å². The van der Waals surface area contributed by atoms with Crippen LogP contribution in [0, 0.1) is 0 Å². The highest BCUT2D eigenvalue weighted by atomic mass is 35.5. The lowest BCUT2D eigenvalue weighted by Crippen LogP contribution is -2.35. The van der Waals surface area contributed by atoms with Crippen LogP contribution >= 0.6 is 12.4 Å². The zero-order valence-corrected chi connectivity index (χ0v) is 10.9. The summed E-state index contributed by atoms with van der Waals surface area (Å²) in [6.45, 7) is 0.609. The van der Waals surface area contributed by atoms with E-state index >= 15 is 0 Å². The fourth-order valence-electron chi connectivity index (χ4n) is 2.16. The van der Waals surface area contributed by atoms with Crippen molar-refractivity contribution >= 4 is 18.3 Å². The summed E-state index contributed by atoms with van der Waals surface area (Å²) in [4.78, 5) is 11.5. The van der Waals surface area contributed by atoms with Crippen molar-refractivity contribution in [3.8, 4) is 0 Å². The molecule has 4 heteroatoms. The van der Waals surface area contributed by atoms with Gasteiger partial charge < -0.3 is 11.1 Å². The molecule has 0 saturated heterocycles. The van der Waals surface area contributed by atoms with Gasteiger partial charge in [0.2, 0.25) is 5.91 Å². The molecular weight excluding hydrogens is 224 g/mol. The van der Waals surface area contributed by atoms with Crippen molar-refractivity contribution in [2.45, 2.75) is 63.8 Å². The van der Waals surface area contributed by atoms with E-state index in [0.29, 0.717) is 19.0 Å². The van der Waals surface area contributed by atoms with Crippen LogP contribution in [0.1, 0.15) is 57.8 Å². The van der Waals surface area contributed by atoms with E-state index in [-0.39, 0.29) is 18.3 Å². The number of rotatable bonds is 4. The Bertz CT molecular complexity index is 180. The van der Waals surface area contributed by atoms with Gasteiger partial charge >= 0.3 is 0 Å². The maximum absolute atomic E-state index is 11.5. The molecule has 1 aliphatic carbocycles. The van der Waals surface area contributed by atoms with E-state index in [1.54, 1.807) is 0 Å². The Kier molecular flexibility index (Phi) is 9.74. The Hall–Kier alpha value is -0.280. The highest BCUT2D eigenvalue weighted by molar-refractivity contribution is 5.85. The molecule has 0 bridgehead atoms. The predicted octanol–water partition coefficient (Wildman–Crippen LogP) is 2.38. The first-order valence-corrected chi connectivity index (χ1v) is 6.32. The van der Waals surface area contributed by atoms with Crippen LogP contribution in [0.2, 0.25) is 0 Å². The molecule has 1 aliphatic rings. The quantitative estimate of drug-likeness (QED) is 0.803. The summed E-state index contributed by atoms with van der Waals surface area (Å²) in [7, 11) is 0. The number of amides is 1. The summed E-state index contributed by atoms with van der Waals surface area (Å²) >= 11 is 0. The number of halogens is 1. The molecule has 0 spiro atoms. The van der Waals surface area contributed by atoms with Crippen LogP contribution < -0.4 is 11.1 Å². The molecule has 0 unspecified atom stereocenters. The SMILES string of the molecule is Cl.NCCCC(=O)NC1CCCCCCC1. The first-order valence-electron chi connectivity index (χ1n) is 6.32. The summed E-state index contributed by atoms with van der Waals surface area (Å²) in [6.07, 6.45) is 10.3. The third-order valence-corrected chi connectivity index (χ3v) is 3.08. The smallest absolute Gasteiger partial charge is 0.220 e. The minimum Gasteiger partial charge on any atom is -0.353 e. The van der Waals surface area contributed by atoms with E-state index in [1.807, 2.05) is 0 Å². The lowest BCUT2D eigenvalue weighted by molar-refractivity contribution is -0.122. The molecule has 0 aromatic rings. The number of nitrogens with one attached hydrogen (secondary N) is 1. The molecule has 1 fully saturated rings. The Balaban J connectivity index is 0.00000225. The largest absolute Gasteiger partial charge is 0.353 e. The maximum Gasteiger partial charge on any atom is 0.220 e. The van der Waals surface area contributed by atoms with E-state index in [1.165, 1.54) is 32.1 Å². The first kappa shape index (κ1) is 15.7. The molecule has 16 heavy (non-hydrogen) atoms. The van der Waals surface area contributed by atoms with Crippen molar-refractivity contribution in [3.05, 3.63) is 0 Å². The molecule has 1 saturated carbocycles. The Labute approximate surface area is 105 Å². The molecule has 0 aromatic heterocycles. The molecule has 1 rings (SSSR count). The van der Waals surface area contributed by atoms with Crippen LogP contribution in [0.25, 0.3) is 0 Å². The standard InChI is InChI=1S/C12H24N2O.ClH/c13-10-6-9-12(15)14-11-7-4-2-1-3-5-8-11;/h11H,1-10,13H2,(H,14,15);1H. The van der Waals surface area contributed by atoms with Gasteiger partial charge in [0.1, 0.15) is 0 Å². The lowest BCUT2D eigenvalue weighted by Gasteiger charge is -2.20. The minimum atomic E-state index is 0. The van der Waals surface area contributed by atoms with Gasteiger partial charge in [0, 0.05) is 12.5 Å². The highest BCUT2D eigenvalue weighted by Crippen LogP contribution is 2.17. The summed E-state index contributed by atoms with van der Waals surface area (Å²) < 4.78 is 0. The average Bonchev–Trinajstić information content (AvgIpc) is 2.19. The summed E-state index contributed by atoms with van der Waals surface area (Å²) in [5.74, 6) is 0.186. The van der Waals surface area contributed by atoms with Gasteiger partial charge in [-0.1, -0.05) is 32.1 Å². The third-order valence-electron chi connectivity index (χ3n) is 3.08. The van der Waals surface area contributed by atoms with E-state index < -0.39 is 0 Å². The van der Waals surface area contributed by atoms with Gasteiger partial charge in [-0.2, -0.15) is 0 Å². The van der Waals surface area contributed by atoms with E-state index in [9.17, 15) is 4.79 Å². The minimum absolute atomic E-state index is 0. The first-order chi connectivity index (χ1) is 7.33. The number of carbonyl (C=O) groups is 1. The van der Waals surface area contributed by atoms with Crippen molar-refractivity contribution in [1.82, 2.24) is 5.32 Å². The van der Waals surface area contributed by atoms with Gasteiger partial charge in [0.15, 0.2) is 0 Å². The van der Waals surface area contributed by atoms with Crippen LogP contribution in [0.15, 0.2) is 0 Å². The fourth-order valence-corrected chi connectivity index (χ4v) is 2.16. The summed E-state index contributed by atoms with van der Waals surface area (Å²) in [5, 5.41) is 3.13. The van der Waals surface area contributed by atoms with Crippen LogP contribution in [0.3, 0.4) is 0 Å². The monoisotopic (exact) mass is 248 g/mol. The molecule has 1 amide bonds. The van der Waals surface area contributed by atoms with Gasteiger partial charge in [0.25, 0.3) is 0 Å². The Morgan fingerprint density at radius 2 is 1.69 bits per heavy atom. The molecule has 3 nitrogen and oxygen atoms in total. The number of hydrogen-bond acceptors (Lipinski definition) is 2. The molecule has 0 radical (unpaired) electrons. The summed E-state index contributed by atoms with van der Waals surface area (Å²) in [5.41, 5.74) is 5.38. The van der Waals surface area contributed by atoms with Gasteiger partial charge in [-0.25, -0.2) is 0 Å². The fraction of sp³-hybridized carbons (Fsp3) is 0.917. The number of carbonyl (C=O) groups excluding carboxylic acids is 1. The molecule has 0 heterocycles. The second-order valence-electron chi connectivity index (χ2n) is 4.50. The molecule has 0 aromatic carbocycles.